The van der Waals surface area contributed by atoms with Crippen LogP contribution in [0.5, 0.6) is 0 Å². The molecule has 1 heterocycles. The first-order chi connectivity index (χ1) is 16.6. The minimum absolute atomic E-state index is 0.0234. The number of carboxylic acid groups (broad SMARTS) is 1. The van der Waals surface area contributed by atoms with E-state index in [1.54, 1.807) is 18.2 Å². The van der Waals surface area contributed by atoms with Crippen LogP contribution in [0.4, 0.5) is 0 Å². The average Bonchev–Trinajstić information content (AvgIpc) is 2.85. The Morgan fingerprint density at radius 1 is 1.09 bits per heavy atom. The summed E-state index contributed by atoms with van der Waals surface area (Å²) >= 11 is 0. The number of hydrogen-bond acceptors (Lipinski definition) is 4. The fourth-order valence-corrected chi connectivity index (χ4v) is 6.03. The number of benzene rings is 3. The molecule has 0 aliphatic carbocycles. The van der Waals surface area contributed by atoms with E-state index in [0.717, 1.165) is 16.3 Å². The lowest BCUT2D eigenvalue weighted by Crippen LogP contribution is -2.43. The molecule has 2 atom stereocenters. The highest BCUT2D eigenvalue weighted by atomic mass is 32.2. The van der Waals surface area contributed by atoms with Crippen molar-refractivity contribution in [2.45, 2.75) is 25.0 Å². The highest BCUT2D eigenvalue weighted by molar-refractivity contribution is 7.89. The van der Waals surface area contributed by atoms with Crippen molar-refractivity contribution in [1.29, 1.82) is 0 Å². The van der Waals surface area contributed by atoms with Gasteiger partial charge in [0.1, 0.15) is 5.25 Å². The average molecular weight is 495 g/mol. The SMILES string of the molecule is C=CC(c1ccc2ccccc2c1)S(=O)(=O)N1CCCC(C(=O)O)C1.Cc1ccccc1C(N)=O. The number of aryl methyl sites for hydroxylation is 1. The first kappa shape index (κ1) is 26.1. The monoisotopic (exact) mass is 494 g/mol. The quantitative estimate of drug-likeness (QED) is 0.496. The predicted molar refractivity (Wildman–Crippen MR) is 137 cm³/mol. The third-order valence-electron chi connectivity index (χ3n) is 6.14. The van der Waals surface area contributed by atoms with Crippen LogP contribution in [-0.4, -0.2) is 42.8 Å². The van der Waals surface area contributed by atoms with E-state index in [4.69, 9.17) is 5.73 Å². The Kier molecular flexibility index (Phi) is 8.43. The summed E-state index contributed by atoms with van der Waals surface area (Å²) in [6, 6.07) is 20.6. The molecule has 3 N–H and O–H groups in total. The van der Waals surface area contributed by atoms with E-state index in [2.05, 4.69) is 6.58 Å². The van der Waals surface area contributed by atoms with Gasteiger partial charge in [-0.1, -0.05) is 60.7 Å². The van der Waals surface area contributed by atoms with E-state index in [1.807, 2.05) is 55.5 Å². The second-order valence-electron chi connectivity index (χ2n) is 8.52. The number of carboxylic acids is 1. The number of fused-ring (bicyclic) bond motifs is 1. The smallest absolute Gasteiger partial charge is 0.307 e. The molecule has 8 heteroatoms. The Bertz CT molecular complexity index is 1340. The third kappa shape index (κ3) is 6.15. The molecule has 0 spiro atoms. The van der Waals surface area contributed by atoms with Gasteiger partial charge >= 0.3 is 5.97 Å². The maximum atomic E-state index is 13.1. The normalized spacial score (nSPS) is 17.1. The summed E-state index contributed by atoms with van der Waals surface area (Å²) in [6.45, 7) is 5.95. The molecule has 3 aromatic carbocycles. The van der Waals surface area contributed by atoms with Crippen molar-refractivity contribution in [1.82, 2.24) is 4.31 Å². The molecule has 3 aromatic rings. The van der Waals surface area contributed by atoms with Crippen molar-refractivity contribution in [3.05, 3.63) is 96.1 Å². The van der Waals surface area contributed by atoms with Crippen LogP contribution < -0.4 is 5.73 Å². The van der Waals surface area contributed by atoms with Gasteiger partial charge in [0.05, 0.1) is 5.92 Å². The fourth-order valence-electron chi connectivity index (χ4n) is 4.20. The number of hydrogen-bond donors (Lipinski definition) is 2. The lowest BCUT2D eigenvalue weighted by Gasteiger charge is -2.32. The summed E-state index contributed by atoms with van der Waals surface area (Å²) in [7, 11) is -3.71. The lowest BCUT2D eigenvalue weighted by molar-refractivity contribution is -0.142. The van der Waals surface area contributed by atoms with Gasteiger partial charge in [0.25, 0.3) is 0 Å². The van der Waals surface area contributed by atoms with Crippen LogP contribution in [0, 0.1) is 12.8 Å². The first-order valence-corrected chi connectivity index (χ1v) is 12.8. The first-order valence-electron chi connectivity index (χ1n) is 11.3. The van der Waals surface area contributed by atoms with Gasteiger partial charge in [0, 0.05) is 18.7 Å². The molecule has 35 heavy (non-hydrogen) atoms. The van der Waals surface area contributed by atoms with E-state index in [-0.39, 0.29) is 12.5 Å². The number of amides is 1. The van der Waals surface area contributed by atoms with Gasteiger partial charge in [-0.15, -0.1) is 6.58 Å². The summed E-state index contributed by atoms with van der Waals surface area (Å²) in [5.41, 5.74) is 7.25. The van der Waals surface area contributed by atoms with E-state index in [1.165, 1.54) is 10.4 Å². The van der Waals surface area contributed by atoms with E-state index in [0.29, 0.717) is 30.5 Å². The summed E-state index contributed by atoms with van der Waals surface area (Å²) in [6.07, 6.45) is 2.48. The largest absolute Gasteiger partial charge is 0.481 e. The van der Waals surface area contributed by atoms with Gasteiger partial charge in [-0.05, 0) is 53.8 Å². The Balaban J connectivity index is 0.000000287. The minimum Gasteiger partial charge on any atom is -0.481 e. The van der Waals surface area contributed by atoms with Crippen molar-refractivity contribution in [3.8, 4) is 0 Å². The van der Waals surface area contributed by atoms with Gasteiger partial charge in [-0.25, -0.2) is 12.7 Å². The van der Waals surface area contributed by atoms with Crippen molar-refractivity contribution in [3.63, 3.8) is 0 Å². The molecule has 1 amide bonds. The second-order valence-corrected chi connectivity index (χ2v) is 10.6. The van der Waals surface area contributed by atoms with Gasteiger partial charge in [-0.2, -0.15) is 0 Å². The number of aliphatic carboxylic acids is 1. The Morgan fingerprint density at radius 2 is 1.74 bits per heavy atom. The number of piperidine rings is 1. The molecule has 1 aliphatic heterocycles. The number of primary amides is 1. The van der Waals surface area contributed by atoms with E-state index in [9.17, 15) is 23.1 Å². The molecule has 7 nitrogen and oxygen atoms in total. The highest BCUT2D eigenvalue weighted by Gasteiger charge is 2.36. The van der Waals surface area contributed by atoms with Crippen LogP contribution in [0.2, 0.25) is 0 Å². The van der Waals surface area contributed by atoms with Crippen molar-refractivity contribution >= 4 is 32.7 Å². The molecule has 0 aromatic heterocycles. The van der Waals surface area contributed by atoms with Gasteiger partial charge in [0.2, 0.25) is 15.9 Å². The van der Waals surface area contributed by atoms with Crippen LogP contribution in [0.1, 0.15) is 39.6 Å². The number of nitrogens with zero attached hydrogens (tertiary/aromatic N) is 1. The molecule has 184 valence electrons. The van der Waals surface area contributed by atoms with Gasteiger partial charge in [-0.3, -0.25) is 9.59 Å². The van der Waals surface area contributed by atoms with Gasteiger partial charge in [0.15, 0.2) is 0 Å². The standard InChI is InChI=1S/C19H21NO4S.C8H9NO/c1-2-18(16-10-9-14-6-3-4-7-15(14)12-16)25(23,24)20-11-5-8-17(13-20)19(21)22;1-6-4-2-3-5-7(6)8(9)10/h2-4,6-7,9-10,12,17-18H,1,5,8,11,13H2,(H,21,22);2-5H,1H3,(H2,9,10). The van der Waals surface area contributed by atoms with Crippen molar-refractivity contribution in [2.75, 3.05) is 13.1 Å². The molecule has 0 saturated carbocycles. The number of sulfonamides is 1. The van der Waals surface area contributed by atoms with Crippen LogP contribution >= 0.6 is 0 Å². The van der Waals surface area contributed by atoms with Crippen LogP contribution in [0.25, 0.3) is 10.8 Å². The zero-order valence-corrected chi connectivity index (χ0v) is 20.4. The Hall–Kier alpha value is -3.49. The molecular weight excluding hydrogens is 464 g/mol. The third-order valence-corrected chi connectivity index (χ3v) is 8.30. The number of carbonyl (C=O) groups excluding carboxylic acids is 1. The molecule has 0 radical (unpaired) electrons. The molecule has 0 bridgehead atoms. The molecular formula is C27H30N2O5S. The van der Waals surface area contributed by atoms with Crippen molar-refractivity contribution < 1.29 is 23.1 Å². The summed E-state index contributed by atoms with van der Waals surface area (Å²) in [5, 5.41) is 10.3. The van der Waals surface area contributed by atoms with E-state index < -0.39 is 27.2 Å². The molecule has 1 saturated heterocycles. The summed E-state index contributed by atoms with van der Waals surface area (Å²) in [5.74, 6) is -1.95. The zero-order chi connectivity index (χ0) is 25.6. The van der Waals surface area contributed by atoms with Crippen LogP contribution in [-0.2, 0) is 14.8 Å². The highest BCUT2D eigenvalue weighted by Crippen LogP contribution is 2.32. The number of nitrogens with two attached hydrogens (primary N) is 1. The van der Waals surface area contributed by atoms with E-state index >= 15 is 0 Å². The van der Waals surface area contributed by atoms with Gasteiger partial charge < -0.3 is 10.8 Å². The lowest BCUT2D eigenvalue weighted by atomic mass is 10.0. The topological polar surface area (TPSA) is 118 Å². The molecule has 1 aliphatic rings. The fraction of sp³-hybridized carbons (Fsp3) is 0.259. The second kappa shape index (κ2) is 11.3. The molecule has 4 rings (SSSR count). The maximum absolute atomic E-state index is 13.1. The van der Waals surface area contributed by atoms with Crippen molar-refractivity contribution in [2.24, 2.45) is 11.7 Å². The molecule has 1 fully saturated rings. The summed E-state index contributed by atoms with van der Waals surface area (Å²) in [4.78, 5) is 21.9. The maximum Gasteiger partial charge on any atom is 0.307 e. The minimum atomic E-state index is -3.71. The Labute approximate surface area is 205 Å². The summed E-state index contributed by atoms with van der Waals surface area (Å²) < 4.78 is 27.5. The number of carbonyl (C=O) groups is 2. The van der Waals surface area contributed by atoms with Crippen LogP contribution in [0.3, 0.4) is 0 Å². The zero-order valence-electron chi connectivity index (χ0n) is 19.6. The number of rotatable bonds is 6. The molecule has 2 unspecified atom stereocenters. The Morgan fingerprint density at radius 3 is 2.34 bits per heavy atom. The van der Waals surface area contributed by atoms with Crippen LogP contribution in [0.15, 0.2) is 79.4 Å². The predicted octanol–water partition coefficient (Wildman–Crippen LogP) is 4.29.